The molecule has 0 amide bonds. The van der Waals surface area contributed by atoms with Crippen molar-refractivity contribution in [3.8, 4) is 11.3 Å². The Balaban J connectivity index is 2.58. The van der Waals surface area contributed by atoms with Gasteiger partial charge in [-0.2, -0.15) is 5.10 Å². The van der Waals surface area contributed by atoms with Gasteiger partial charge in [0.2, 0.25) is 0 Å². The standard InChI is InChI=1S/C10H9BrN2O2S/c1-16(14,15)9-6-12-13-10(9)7-2-4-8(11)5-3-7/h2-6H,1H3,(H,12,13). The summed E-state index contributed by atoms with van der Waals surface area (Å²) in [6.45, 7) is 0. The van der Waals surface area contributed by atoms with Crippen LogP contribution in [0.4, 0.5) is 0 Å². The van der Waals surface area contributed by atoms with Gasteiger partial charge in [0.25, 0.3) is 0 Å². The maximum atomic E-state index is 11.5. The first kappa shape index (κ1) is 11.3. The number of sulfone groups is 1. The predicted octanol–water partition coefficient (Wildman–Crippen LogP) is 2.24. The Kier molecular flexibility index (Phi) is 2.86. The molecule has 6 heteroatoms. The fourth-order valence-electron chi connectivity index (χ4n) is 1.38. The van der Waals surface area contributed by atoms with Gasteiger partial charge < -0.3 is 0 Å². The minimum absolute atomic E-state index is 0.217. The molecule has 0 spiro atoms. The zero-order valence-electron chi connectivity index (χ0n) is 8.44. The average Bonchev–Trinajstić information content (AvgIpc) is 2.66. The van der Waals surface area contributed by atoms with Gasteiger partial charge in [-0.1, -0.05) is 28.1 Å². The highest BCUT2D eigenvalue weighted by molar-refractivity contribution is 9.10. The SMILES string of the molecule is CS(=O)(=O)c1cn[nH]c1-c1ccc(Br)cc1. The fourth-order valence-corrected chi connectivity index (χ4v) is 2.42. The molecule has 0 unspecified atom stereocenters. The lowest BCUT2D eigenvalue weighted by Crippen LogP contribution is -1.97. The predicted molar refractivity (Wildman–Crippen MR) is 64.8 cm³/mol. The molecule has 2 rings (SSSR count). The molecule has 4 nitrogen and oxygen atoms in total. The van der Waals surface area contributed by atoms with Crippen molar-refractivity contribution < 1.29 is 8.42 Å². The van der Waals surface area contributed by atoms with Gasteiger partial charge in [0.05, 0.1) is 11.9 Å². The van der Waals surface area contributed by atoms with E-state index >= 15 is 0 Å². The molecular weight excluding hydrogens is 292 g/mol. The molecule has 0 aliphatic carbocycles. The van der Waals surface area contributed by atoms with E-state index in [-0.39, 0.29) is 4.90 Å². The molecule has 0 aliphatic rings. The Morgan fingerprint density at radius 3 is 2.44 bits per heavy atom. The third-order valence-electron chi connectivity index (χ3n) is 2.14. The number of hydrogen-bond donors (Lipinski definition) is 1. The molecule has 1 N–H and O–H groups in total. The van der Waals surface area contributed by atoms with E-state index in [1.54, 1.807) is 0 Å². The van der Waals surface area contributed by atoms with Gasteiger partial charge in [-0.05, 0) is 12.1 Å². The number of rotatable bonds is 2. The van der Waals surface area contributed by atoms with Crippen LogP contribution in [0.1, 0.15) is 0 Å². The Morgan fingerprint density at radius 2 is 1.88 bits per heavy atom. The Labute approximate surface area is 102 Å². The van der Waals surface area contributed by atoms with E-state index < -0.39 is 9.84 Å². The van der Waals surface area contributed by atoms with Crippen LogP contribution >= 0.6 is 15.9 Å². The van der Waals surface area contributed by atoms with Gasteiger partial charge in [0.15, 0.2) is 9.84 Å². The number of halogens is 1. The molecule has 0 saturated heterocycles. The highest BCUT2D eigenvalue weighted by atomic mass is 79.9. The van der Waals surface area contributed by atoms with Crippen molar-refractivity contribution in [1.29, 1.82) is 0 Å². The van der Waals surface area contributed by atoms with Gasteiger partial charge >= 0.3 is 0 Å². The Hall–Kier alpha value is -1.14. The highest BCUT2D eigenvalue weighted by Gasteiger charge is 2.16. The number of benzene rings is 1. The van der Waals surface area contributed by atoms with Crippen LogP contribution in [0.2, 0.25) is 0 Å². The molecule has 0 atom stereocenters. The Morgan fingerprint density at radius 1 is 1.25 bits per heavy atom. The van der Waals surface area contributed by atoms with Gasteiger partial charge in [0.1, 0.15) is 4.90 Å². The van der Waals surface area contributed by atoms with Crippen molar-refractivity contribution in [2.45, 2.75) is 4.90 Å². The summed E-state index contributed by atoms with van der Waals surface area (Å²) in [6, 6.07) is 7.35. The third-order valence-corrected chi connectivity index (χ3v) is 3.77. The molecule has 0 bridgehead atoms. The van der Waals surface area contributed by atoms with Crippen LogP contribution in [0.25, 0.3) is 11.3 Å². The maximum Gasteiger partial charge on any atom is 0.179 e. The lowest BCUT2D eigenvalue weighted by atomic mass is 10.2. The lowest BCUT2D eigenvalue weighted by Gasteiger charge is -2.01. The normalized spacial score (nSPS) is 11.6. The van der Waals surface area contributed by atoms with Crippen molar-refractivity contribution >= 4 is 25.8 Å². The van der Waals surface area contributed by atoms with Crippen LogP contribution < -0.4 is 0 Å². The van der Waals surface area contributed by atoms with Crippen LogP contribution in [0.5, 0.6) is 0 Å². The zero-order chi connectivity index (χ0) is 11.8. The van der Waals surface area contributed by atoms with Crippen LogP contribution in [-0.4, -0.2) is 24.9 Å². The van der Waals surface area contributed by atoms with Crippen LogP contribution in [0.15, 0.2) is 39.8 Å². The van der Waals surface area contributed by atoms with Crippen molar-refractivity contribution in [2.75, 3.05) is 6.26 Å². The summed E-state index contributed by atoms with van der Waals surface area (Å²) in [5.41, 5.74) is 1.32. The summed E-state index contributed by atoms with van der Waals surface area (Å²) in [5.74, 6) is 0. The van der Waals surface area contributed by atoms with E-state index in [1.165, 1.54) is 12.5 Å². The van der Waals surface area contributed by atoms with Crippen LogP contribution in [0.3, 0.4) is 0 Å². The molecule has 0 aliphatic heterocycles. The van der Waals surface area contributed by atoms with Gasteiger partial charge in [-0.3, -0.25) is 5.10 Å². The molecule has 0 saturated carbocycles. The van der Waals surface area contributed by atoms with E-state index in [2.05, 4.69) is 26.1 Å². The first-order valence-electron chi connectivity index (χ1n) is 4.48. The van der Waals surface area contributed by atoms with Crippen molar-refractivity contribution in [3.05, 3.63) is 34.9 Å². The smallest absolute Gasteiger partial charge is 0.179 e. The second-order valence-electron chi connectivity index (χ2n) is 3.39. The monoisotopic (exact) mass is 300 g/mol. The second-order valence-corrected chi connectivity index (χ2v) is 6.29. The molecule has 84 valence electrons. The number of aromatic amines is 1. The minimum atomic E-state index is -3.25. The number of H-pyrrole nitrogens is 1. The van der Waals surface area contributed by atoms with Gasteiger partial charge in [-0.25, -0.2) is 8.42 Å². The lowest BCUT2D eigenvalue weighted by molar-refractivity contribution is 0.602. The van der Waals surface area contributed by atoms with E-state index in [0.717, 1.165) is 10.0 Å². The van der Waals surface area contributed by atoms with Gasteiger partial charge in [-0.15, -0.1) is 0 Å². The molecule has 16 heavy (non-hydrogen) atoms. The average molecular weight is 301 g/mol. The van der Waals surface area contributed by atoms with E-state index in [0.29, 0.717) is 5.69 Å². The van der Waals surface area contributed by atoms with Gasteiger partial charge in [0, 0.05) is 16.3 Å². The number of aromatic nitrogens is 2. The summed E-state index contributed by atoms with van der Waals surface area (Å²) in [5, 5.41) is 6.48. The molecule has 0 radical (unpaired) electrons. The first-order valence-corrected chi connectivity index (χ1v) is 7.16. The van der Waals surface area contributed by atoms with E-state index in [1.807, 2.05) is 24.3 Å². The number of nitrogens with one attached hydrogen (secondary N) is 1. The fraction of sp³-hybridized carbons (Fsp3) is 0.100. The van der Waals surface area contributed by atoms with Crippen molar-refractivity contribution in [3.63, 3.8) is 0 Å². The number of hydrogen-bond acceptors (Lipinski definition) is 3. The third kappa shape index (κ3) is 2.17. The summed E-state index contributed by atoms with van der Waals surface area (Å²) in [4.78, 5) is 0.217. The van der Waals surface area contributed by atoms with Crippen molar-refractivity contribution in [2.24, 2.45) is 0 Å². The highest BCUT2D eigenvalue weighted by Crippen LogP contribution is 2.25. The molecule has 0 fully saturated rings. The molecule has 1 aromatic heterocycles. The molecular formula is C10H9BrN2O2S. The second kappa shape index (κ2) is 4.03. The maximum absolute atomic E-state index is 11.5. The van der Waals surface area contributed by atoms with Crippen molar-refractivity contribution in [1.82, 2.24) is 10.2 Å². The number of nitrogens with zero attached hydrogens (tertiary/aromatic N) is 1. The molecule has 1 heterocycles. The first-order chi connectivity index (χ1) is 7.48. The molecule has 1 aromatic carbocycles. The summed E-state index contributed by atoms with van der Waals surface area (Å²) >= 11 is 3.32. The summed E-state index contributed by atoms with van der Waals surface area (Å²) < 4.78 is 23.9. The topological polar surface area (TPSA) is 62.8 Å². The van der Waals surface area contributed by atoms with E-state index in [9.17, 15) is 8.42 Å². The van der Waals surface area contributed by atoms with E-state index in [4.69, 9.17) is 0 Å². The molecule has 2 aromatic rings. The zero-order valence-corrected chi connectivity index (χ0v) is 10.8. The largest absolute Gasteiger partial charge is 0.276 e. The summed E-state index contributed by atoms with van der Waals surface area (Å²) in [6.07, 6.45) is 2.49. The Bertz CT molecular complexity index is 602. The minimum Gasteiger partial charge on any atom is -0.276 e. The quantitative estimate of drug-likeness (QED) is 0.925. The van der Waals surface area contributed by atoms with Crippen LogP contribution in [-0.2, 0) is 9.84 Å². The van der Waals surface area contributed by atoms with Crippen LogP contribution in [0, 0.1) is 0 Å². The summed E-state index contributed by atoms with van der Waals surface area (Å²) in [7, 11) is -3.25.